The number of benzene rings is 1. The largest absolute Gasteiger partial charge is 0.370 e. The lowest BCUT2D eigenvalue weighted by Crippen LogP contribution is -2.23. The van der Waals surface area contributed by atoms with Crippen LogP contribution in [0, 0.1) is 0 Å². The molecule has 112 valence electrons. The van der Waals surface area contributed by atoms with Gasteiger partial charge in [0.1, 0.15) is 0 Å². The van der Waals surface area contributed by atoms with Crippen LogP contribution in [0.25, 0.3) is 0 Å². The second-order valence-corrected chi connectivity index (χ2v) is 5.03. The van der Waals surface area contributed by atoms with Gasteiger partial charge in [-0.1, -0.05) is 6.07 Å². The zero-order valence-corrected chi connectivity index (χ0v) is 14.2. The molecule has 21 heavy (non-hydrogen) atoms. The molecule has 3 rings (SSSR count). The molecule has 0 amide bonds. The molecule has 0 fully saturated rings. The minimum Gasteiger partial charge on any atom is -0.370 e. The van der Waals surface area contributed by atoms with Gasteiger partial charge in [-0.2, -0.15) is 0 Å². The first-order chi connectivity index (χ1) is 9.81. The van der Waals surface area contributed by atoms with Crippen molar-refractivity contribution in [1.82, 2.24) is 9.55 Å². The van der Waals surface area contributed by atoms with Gasteiger partial charge in [0, 0.05) is 24.6 Å². The topological polar surface area (TPSA) is 68.2 Å². The number of hydrogen-bond acceptors (Lipinski definition) is 2. The highest BCUT2D eigenvalue weighted by Crippen LogP contribution is 2.24. The van der Waals surface area contributed by atoms with E-state index in [0.717, 1.165) is 12.2 Å². The Hall–Kier alpha value is -1.57. The second-order valence-electron chi connectivity index (χ2n) is 5.03. The second kappa shape index (κ2) is 7.44. The number of nitrogens with zero attached hydrogens (tertiary/aromatic N) is 3. The van der Waals surface area contributed by atoms with Gasteiger partial charge in [-0.25, -0.2) is 4.98 Å². The lowest BCUT2D eigenvalue weighted by Gasteiger charge is -2.08. The van der Waals surface area contributed by atoms with Crippen LogP contribution in [0.3, 0.4) is 0 Å². The molecule has 0 unspecified atom stereocenters. The van der Waals surface area contributed by atoms with Crippen LogP contribution in [0.1, 0.15) is 17.5 Å². The van der Waals surface area contributed by atoms with E-state index in [1.54, 1.807) is 12.5 Å². The summed E-state index contributed by atoms with van der Waals surface area (Å²) in [5.41, 5.74) is 9.82. The maximum absolute atomic E-state index is 5.90. The molecular formula is C15H20IN5. The fourth-order valence-electron chi connectivity index (χ4n) is 2.54. The molecule has 0 bridgehead atoms. The normalized spacial score (nSPS) is 13.6. The van der Waals surface area contributed by atoms with Crippen LogP contribution >= 0.6 is 24.0 Å². The van der Waals surface area contributed by atoms with Gasteiger partial charge in [0.25, 0.3) is 0 Å². The van der Waals surface area contributed by atoms with Crippen LogP contribution in [0.5, 0.6) is 0 Å². The average molecular weight is 397 g/mol. The van der Waals surface area contributed by atoms with E-state index in [4.69, 9.17) is 5.73 Å². The summed E-state index contributed by atoms with van der Waals surface area (Å²) in [5.74, 6) is 0.461. The summed E-state index contributed by atoms with van der Waals surface area (Å²) in [5, 5.41) is 3.15. The van der Waals surface area contributed by atoms with Crippen LogP contribution in [0.2, 0.25) is 0 Å². The summed E-state index contributed by atoms with van der Waals surface area (Å²) in [7, 11) is 0. The van der Waals surface area contributed by atoms with Crippen molar-refractivity contribution in [3.8, 4) is 0 Å². The molecule has 1 aromatic carbocycles. The number of aromatic nitrogens is 2. The Kier molecular flexibility index (Phi) is 5.60. The Bertz CT molecular complexity index is 607. The number of rotatable bonds is 4. The smallest absolute Gasteiger partial charge is 0.193 e. The SMILES string of the molecule is I.NC(=NCCn1ccnc1)Nc1ccc2c(c1)CCC2. The molecule has 2 aromatic rings. The van der Waals surface area contributed by atoms with E-state index in [1.165, 1.54) is 30.4 Å². The highest BCUT2D eigenvalue weighted by molar-refractivity contribution is 14.0. The van der Waals surface area contributed by atoms with Crippen molar-refractivity contribution in [2.75, 3.05) is 11.9 Å². The van der Waals surface area contributed by atoms with Crippen molar-refractivity contribution in [2.45, 2.75) is 25.8 Å². The van der Waals surface area contributed by atoms with E-state index >= 15 is 0 Å². The first kappa shape index (κ1) is 15.8. The van der Waals surface area contributed by atoms with Crippen LogP contribution in [0.4, 0.5) is 5.69 Å². The molecule has 1 aliphatic rings. The number of hydrogen-bond donors (Lipinski definition) is 2. The summed E-state index contributed by atoms with van der Waals surface area (Å²) in [4.78, 5) is 8.31. The standard InChI is InChI=1S/C15H19N5.HI/c16-15(18-7-9-20-8-6-17-11-20)19-14-5-4-12-2-1-3-13(12)10-14;/h4-6,8,10-11H,1-3,7,9H2,(H3,16,18,19);1H. The van der Waals surface area contributed by atoms with E-state index in [2.05, 4.69) is 33.5 Å². The number of guanidine groups is 1. The van der Waals surface area contributed by atoms with Crippen LogP contribution in [-0.4, -0.2) is 22.1 Å². The Morgan fingerprint density at radius 3 is 3.00 bits per heavy atom. The third kappa shape index (κ3) is 4.20. The molecule has 0 atom stereocenters. The van der Waals surface area contributed by atoms with Crippen LogP contribution < -0.4 is 11.1 Å². The zero-order valence-electron chi connectivity index (χ0n) is 11.8. The molecule has 1 heterocycles. The summed E-state index contributed by atoms with van der Waals surface area (Å²) < 4.78 is 1.98. The Morgan fingerprint density at radius 2 is 2.19 bits per heavy atom. The molecule has 0 saturated carbocycles. The third-order valence-corrected chi connectivity index (χ3v) is 3.57. The van der Waals surface area contributed by atoms with Gasteiger partial charge < -0.3 is 15.6 Å². The molecular weight excluding hydrogens is 377 g/mol. The number of aryl methyl sites for hydroxylation is 2. The van der Waals surface area contributed by atoms with Crippen molar-refractivity contribution in [3.63, 3.8) is 0 Å². The summed E-state index contributed by atoms with van der Waals surface area (Å²) in [6.45, 7) is 1.42. The number of halogens is 1. The average Bonchev–Trinajstić information content (AvgIpc) is 3.08. The fraction of sp³-hybridized carbons (Fsp3) is 0.333. The molecule has 0 aliphatic heterocycles. The van der Waals surface area contributed by atoms with E-state index in [-0.39, 0.29) is 24.0 Å². The van der Waals surface area contributed by atoms with Gasteiger partial charge in [-0.15, -0.1) is 24.0 Å². The first-order valence-electron chi connectivity index (χ1n) is 6.96. The Balaban J connectivity index is 0.00000161. The predicted molar refractivity (Wildman–Crippen MR) is 96.2 cm³/mol. The third-order valence-electron chi connectivity index (χ3n) is 3.57. The highest BCUT2D eigenvalue weighted by atomic mass is 127. The van der Waals surface area contributed by atoms with Crippen LogP contribution in [-0.2, 0) is 19.4 Å². The molecule has 0 radical (unpaired) electrons. The number of imidazole rings is 1. The van der Waals surface area contributed by atoms with Gasteiger partial charge in [-0.05, 0) is 42.5 Å². The molecule has 0 spiro atoms. The maximum atomic E-state index is 5.90. The summed E-state index contributed by atoms with van der Waals surface area (Å²) in [6, 6.07) is 6.44. The summed E-state index contributed by atoms with van der Waals surface area (Å²) in [6.07, 6.45) is 9.08. The predicted octanol–water partition coefficient (Wildman–Crippen LogP) is 2.42. The minimum atomic E-state index is 0. The van der Waals surface area contributed by atoms with Gasteiger partial charge in [-0.3, -0.25) is 4.99 Å². The zero-order chi connectivity index (χ0) is 13.8. The number of anilines is 1. The van der Waals surface area contributed by atoms with Crippen LogP contribution in [0.15, 0.2) is 41.9 Å². The van der Waals surface area contributed by atoms with E-state index < -0.39 is 0 Å². The highest BCUT2D eigenvalue weighted by Gasteiger charge is 2.10. The van der Waals surface area contributed by atoms with E-state index in [0.29, 0.717) is 12.5 Å². The molecule has 0 saturated heterocycles. The van der Waals surface area contributed by atoms with Crippen molar-refractivity contribution in [1.29, 1.82) is 0 Å². The fourth-order valence-corrected chi connectivity index (χ4v) is 2.54. The van der Waals surface area contributed by atoms with Gasteiger partial charge in [0.2, 0.25) is 0 Å². The Morgan fingerprint density at radius 1 is 1.33 bits per heavy atom. The van der Waals surface area contributed by atoms with E-state index in [1.807, 2.05) is 10.8 Å². The number of nitrogens with two attached hydrogens (primary N) is 1. The molecule has 6 heteroatoms. The molecule has 1 aromatic heterocycles. The summed E-state index contributed by atoms with van der Waals surface area (Å²) >= 11 is 0. The molecule has 1 aliphatic carbocycles. The quantitative estimate of drug-likeness (QED) is 0.473. The van der Waals surface area contributed by atoms with Crippen molar-refractivity contribution in [3.05, 3.63) is 48.0 Å². The minimum absolute atomic E-state index is 0. The first-order valence-corrected chi connectivity index (χ1v) is 6.96. The van der Waals surface area contributed by atoms with Gasteiger partial charge >= 0.3 is 0 Å². The Labute approximate surface area is 141 Å². The monoisotopic (exact) mass is 397 g/mol. The van der Waals surface area contributed by atoms with Crippen molar-refractivity contribution >= 4 is 35.6 Å². The van der Waals surface area contributed by atoms with Crippen molar-refractivity contribution in [2.24, 2.45) is 10.7 Å². The number of nitrogens with one attached hydrogen (secondary N) is 1. The molecule has 3 N–H and O–H groups in total. The van der Waals surface area contributed by atoms with Gasteiger partial charge in [0.15, 0.2) is 5.96 Å². The molecule has 5 nitrogen and oxygen atoms in total. The number of aliphatic imine (C=N–C) groups is 1. The maximum Gasteiger partial charge on any atom is 0.193 e. The lowest BCUT2D eigenvalue weighted by atomic mass is 10.1. The van der Waals surface area contributed by atoms with E-state index in [9.17, 15) is 0 Å². The van der Waals surface area contributed by atoms with Gasteiger partial charge in [0.05, 0.1) is 12.9 Å². The number of fused-ring (bicyclic) bond motifs is 1. The van der Waals surface area contributed by atoms with Crippen molar-refractivity contribution < 1.29 is 0 Å². The lowest BCUT2D eigenvalue weighted by molar-refractivity contribution is 0.708.